The van der Waals surface area contributed by atoms with Gasteiger partial charge in [0.05, 0.1) is 5.57 Å². The van der Waals surface area contributed by atoms with E-state index in [1.165, 1.54) is 0 Å². The van der Waals surface area contributed by atoms with Gasteiger partial charge in [0.2, 0.25) is 4.75 Å². The molecule has 0 aromatic heterocycles. The van der Waals surface area contributed by atoms with Crippen LogP contribution in [0.4, 0.5) is 0 Å². The molecule has 0 amide bonds. The fraction of sp³-hybridized carbons (Fsp3) is 0.250. The molecule has 0 saturated heterocycles. The summed E-state index contributed by atoms with van der Waals surface area (Å²) < 4.78 is 28.3. The van der Waals surface area contributed by atoms with E-state index >= 15 is 0 Å². The summed E-state index contributed by atoms with van der Waals surface area (Å²) in [5.41, 5.74) is -0.494. The van der Waals surface area contributed by atoms with E-state index < -0.39 is 38.8 Å². The van der Waals surface area contributed by atoms with Crippen molar-refractivity contribution in [3.63, 3.8) is 0 Å². The van der Waals surface area contributed by atoms with Gasteiger partial charge < -0.3 is 10.2 Å². The zero-order chi connectivity index (χ0) is 12.6. The van der Waals surface area contributed by atoms with Crippen LogP contribution in [0.5, 0.6) is 0 Å². The van der Waals surface area contributed by atoms with E-state index in [1.807, 2.05) is 0 Å². The van der Waals surface area contributed by atoms with Crippen LogP contribution in [0.1, 0.15) is 6.42 Å². The molecule has 0 radical (unpaired) electrons. The van der Waals surface area contributed by atoms with Crippen molar-refractivity contribution in [1.82, 2.24) is 0 Å². The first-order chi connectivity index (χ1) is 7.21. The molecule has 88 valence electrons. The van der Waals surface area contributed by atoms with Gasteiger partial charge in [-0.1, -0.05) is 12.2 Å². The van der Waals surface area contributed by atoms with Crippen molar-refractivity contribution < 1.29 is 32.8 Å². The predicted octanol–water partition coefficient (Wildman–Crippen LogP) is -0.331. The Labute approximate surface area is 90.4 Å². The number of aliphatic carboxylic acids is 2. The van der Waals surface area contributed by atoms with E-state index in [9.17, 15) is 18.0 Å². The molecular formula is C8H8O7S. The molecule has 0 saturated carbocycles. The van der Waals surface area contributed by atoms with Crippen LogP contribution in [0.2, 0.25) is 0 Å². The lowest BCUT2D eigenvalue weighted by atomic mass is 9.95. The lowest BCUT2D eigenvalue weighted by Crippen LogP contribution is -2.45. The molecule has 0 spiro atoms. The number of allylic oxidation sites excluding steroid dienone is 1. The highest BCUT2D eigenvalue weighted by atomic mass is 32.2. The molecule has 1 unspecified atom stereocenters. The first-order valence-electron chi connectivity index (χ1n) is 4.04. The summed E-state index contributed by atoms with van der Waals surface area (Å²) in [6.07, 6.45) is 2.16. The van der Waals surface area contributed by atoms with Crippen molar-refractivity contribution in [2.45, 2.75) is 11.2 Å². The number of carbonyl (C=O) groups is 2. The fourth-order valence-electron chi connectivity index (χ4n) is 1.29. The Balaban J connectivity index is 3.43. The standard InChI is InChI=1S/C8H8O7S/c9-6(10)5-2-1-3-8(4-5,7(11)12)16(13,14)15/h1-2,4H,3H2,(H,9,10)(H,11,12)(H,13,14,15). The number of hydrogen-bond donors (Lipinski definition) is 3. The average Bonchev–Trinajstić information content (AvgIpc) is 2.15. The third-order valence-corrected chi connectivity index (χ3v) is 3.56. The quantitative estimate of drug-likeness (QED) is 0.583. The molecule has 1 atom stereocenters. The van der Waals surface area contributed by atoms with Gasteiger partial charge in [-0.05, 0) is 6.08 Å². The zero-order valence-electron chi connectivity index (χ0n) is 7.82. The minimum atomic E-state index is -4.94. The van der Waals surface area contributed by atoms with E-state index in [-0.39, 0.29) is 0 Å². The highest BCUT2D eigenvalue weighted by molar-refractivity contribution is 7.88. The lowest BCUT2D eigenvalue weighted by molar-refractivity contribution is -0.138. The Morgan fingerprint density at radius 3 is 2.25 bits per heavy atom. The van der Waals surface area contributed by atoms with Gasteiger partial charge in [-0.25, -0.2) is 4.79 Å². The van der Waals surface area contributed by atoms with Gasteiger partial charge in [0.25, 0.3) is 10.1 Å². The first kappa shape index (κ1) is 12.4. The van der Waals surface area contributed by atoms with Crippen molar-refractivity contribution in [1.29, 1.82) is 0 Å². The monoisotopic (exact) mass is 248 g/mol. The molecule has 1 aliphatic rings. The summed E-state index contributed by atoms with van der Waals surface area (Å²) in [5.74, 6) is -3.29. The molecule has 0 aromatic rings. The number of rotatable bonds is 3. The largest absolute Gasteiger partial charge is 0.480 e. The van der Waals surface area contributed by atoms with E-state index in [4.69, 9.17) is 14.8 Å². The fourth-order valence-corrected chi connectivity index (χ4v) is 2.09. The summed E-state index contributed by atoms with van der Waals surface area (Å²) in [5, 5.41) is 17.4. The minimum Gasteiger partial charge on any atom is -0.480 e. The molecule has 0 aromatic carbocycles. The van der Waals surface area contributed by atoms with Gasteiger partial charge in [0.1, 0.15) is 0 Å². The van der Waals surface area contributed by atoms with Gasteiger partial charge in [-0.15, -0.1) is 0 Å². The summed E-state index contributed by atoms with van der Waals surface area (Å²) in [4.78, 5) is 21.5. The zero-order valence-corrected chi connectivity index (χ0v) is 8.64. The van der Waals surface area contributed by atoms with Crippen molar-refractivity contribution in [2.75, 3.05) is 0 Å². The molecule has 1 rings (SSSR count). The van der Waals surface area contributed by atoms with Crippen LogP contribution in [0.3, 0.4) is 0 Å². The lowest BCUT2D eigenvalue weighted by Gasteiger charge is -2.23. The van der Waals surface area contributed by atoms with Crippen LogP contribution in [0.15, 0.2) is 23.8 Å². The number of hydrogen-bond acceptors (Lipinski definition) is 4. The summed E-state index contributed by atoms with van der Waals surface area (Å²) in [6.45, 7) is 0. The first-order valence-corrected chi connectivity index (χ1v) is 5.48. The molecule has 0 bridgehead atoms. The smallest absolute Gasteiger partial charge is 0.335 e. The second-order valence-corrected chi connectivity index (χ2v) is 4.86. The van der Waals surface area contributed by atoms with Crippen molar-refractivity contribution in [3.05, 3.63) is 23.8 Å². The van der Waals surface area contributed by atoms with Crippen molar-refractivity contribution in [3.8, 4) is 0 Å². The van der Waals surface area contributed by atoms with E-state index in [2.05, 4.69) is 0 Å². The highest BCUT2D eigenvalue weighted by Gasteiger charge is 2.49. The van der Waals surface area contributed by atoms with Crippen LogP contribution in [0, 0.1) is 0 Å². The molecule has 0 fully saturated rings. The molecule has 0 heterocycles. The number of carboxylic acids is 2. The van der Waals surface area contributed by atoms with E-state index in [0.717, 1.165) is 12.2 Å². The van der Waals surface area contributed by atoms with Crippen LogP contribution < -0.4 is 0 Å². The average molecular weight is 248 g/mol. The van der Waals surface area contributed by atoms with Gasteiger partial charge in [0.15, 0.2) is 0 Å². The second kappa shape index (κ2) is 3.72. The summed E-state index contributed by atoms with van der Waals surface area (Å²) in [6, 6.07) is 0. The SMILES string of the molecule is O=C(O)C1=CC(C(=O)O)(S(=O)(=O)O)CC=C1. The molecule has 8 heteroatoms. The Kier molecular flexibility index (Phi) is 2.89. The maximum absolute atomic E-state index is 11.0. The second-order valence-electron chi connectivity index (χ2n) is 3.18. The topological polar surface area (TPSA) is 129 Å². The van der Waals surface area contributed by atoms with Crippen molar-refractivity contribution >= 4 is 22.1 Å². The van der Waals surface area contributed by atoms with Crippen molar-refractivity contribution in [2.24, 2.45) is 0 Å². The third-order valence-electron chi connectivity index (χ3n) is 2.18. The molecule has 3 N–H and O–H groups in total. The number of carboxylic acid groups (broad SMARTS) is 2. The van der Waals surface area contributed by atoms with Crippen LogP contribution in [-0.4, -0.2) is 39.9 Å². The normalized spacial score (nSPS) is 24.9. The van der Waals surface area contributed by atoms with Gasteiger partial charge in [-0.3, -0.25) is 9.35 Å². The van der Waals surface area contributed by atoms with Crippen LogP contribution >= 0.6 is 0 Å². The van der Waals surface area contributed by atoms with Crippen LogP contribution in [-0.2, 0) is 19.7 Å². The van der Waals surface area contributed by atoms with E-state index in [1.54, 1.807) is 0 Å². The Morgan fingerprint density at radius 1 is 1.31 bits per heavy atom. The Hall–Kier alpha value is -1.67. The Bertz CT molecular complexity index is 498. The predicted molar refractivity (Wildman–Crippen MR) is 51.4 cm³/mol. The molecule has 16 heavy (non-hydrogen) atoms. The molecule has 7 nitrogen and oxygen atoms in total. The maximum Gasteiger partial charge on any atom is 0.335 e. The highest BCUT2D eigenvalue weighted by Crippen LogP contribution is 2.29. The molecule has 0 aliphatic heterocycles. The van der Waals surface area contributed by atoms with Gasteiger partial charge in [0, 0.05) is 6.42 Å². The minimum absolute atomic E-state index is 0.494. The maximum atomic E-state index is 11.0. The van der Waals surface area contributed by atoms with Gasteiger partial charge >= 0.3 is 11.9 Å². The molecular weight excluding hydrogens is 240 g/mol. The summed E-state index contributed by atoms with van der Waals surface area (Å²) >= 11 is 0. The van der Waals surface area contributed by atoms with Gasteiger partial charge in [-0.2, -0.15) is 8.42 Å². The molecule has 1 aliphatic carbocycles. The van der Waals surface area contributed by atoms with Crippen LogP contribution in [0.25, 0.3) is 0 Å². The summed E-state index contributed by atoms with van der Waals surface area (Å²) in [7, 11) is -4.94. The Morgan fingerprint density at radius 2 is 1.88 bits per heavy atom. The third kappa shape index (κ3) is 1.84. The van der Waals surface area contributed by atoms with E-state index in [0.29, 0.717) is 6.08 Å².